The van der Waals surface area contributed by atoms with E-state index >= 15 is 0 Å². The molecule has 2 rings (SSSR count). The first-order valence-corrected chi connectivity index (χ1v) is 6.98. The number of nitrogens with zero attached hydrogens (tertiary/aromatic N) is 1. The molecule has 1 heterocycles. The second-order valence-corrected chi connectivity index (χ2v) is 5.16. The van der Waals surface area contributed by atoms with Gasteiger partial charge in [0.25, 0.3) is 5.91 Å². The van der Waals surface area contributed by atoms with Gasteiger partial charge in [-0.3, -0.25) is 4.79 Å². The lowest BCUT2D eigenvalue weighted by Crippen LogP contribution is -2.44. The van der Waals surface area contributed by atoms with E-state index in [1.165, 1.54) is 0 Å². The lowest BCUT2D eigenvalue weighted by molar-refractivity contribution is 0.0608. The summed E-state index contributed by atoms with van der Waals surface area (Å²) < 4.78 is 26.3. The molecule has 1 fully saturated rings. The van der Waals surface area contributed by atoms with E-state index in [0.717, 1.165) is 37.5 Å². The average molecular weight is 288 g/mol. The van der Waals surface area contributed by atoms with Crippen LogP contribution in [0.2, 0.25) is 0 Å². The number of alkyl halides is 1. The summed E-state index contributed by atoms with van der Waals surface area (Å²) in [6.07, 6.45) is 3.59. The average Bonchev–Trinajstić information content (AvgIpc) is 2.38. The zero-order valence-electron chi connectivity index (χ0n) is 10.5. The van der Waals surface area contributed by atoms with Crippen LogP contribution < -0.4 is 0 Å². The summed E-state index contributed by atoms with van der Waals surface area (Å²) in [5.74, 6) is -1.29. The highest BCUT2D eigenvalue weighted by molar-refractivity contribution is 6.17. The van der Waals surface area contributed by atoms with Crippen LogP contribution in [0.4, 0.5) is 8.78 Å². The Kier molecular flexibility index (Phi) is 4.75. The summed E-state index contributed by atoms with van der Waals surface area (Å²) >= 11 is 5.74. The molecule has 1 atom stereocenters. The first kappa shape index (κ1) is 14.3. The zero-order valence-corrected chi connectivity index (χ0v) is 11.3. The van der Waals surface area contributed by atoms with Gasteiger partial charge in [0, 0.05) is 30.1 Å². The van der Waals surface area contributed by atoms with Crippen LogP contribution in [0.5, 0.6) is 0 Å². The normalized spacial score (nSPS) is 19.5. The molecule has 0 radical (unpaired) electrons. The van der Waals surface area contributed by atoms with E-state index in [0.29, 0.717) is 18.8 Å². The number of amides is 1. The van der Waals surface area contributed by atoms with Crippen LogP contribution >= 0.6 is 11.6 Å². The van der Waals surface area contributed by atoms with Crippen LogP contribution in [0.3, 0.4) is 0 Å². The van der Waals surface area contributed by atoms with Crippen LogP contribution in [-0.4, -0.2) is 29.3 Å². The Hall–Kier alpha value is -1.16. The molecule has 2 nitrogen and oxygen atoms in total. The van der Waals surface area contributed by atoms with Crippen molar-refractivity contribution in [1.29, 1.82) is 0 Å². The molecular formula is C14H16ClF2NO. The molecule has 0 N–H and O–H groups in total. The van der Waals surface area contributed by atoms with Gasteiger partial charge in [0.2, 0.25) is 0 Å². The summed E-state index contributed by atoms with van der Waals surface area (Å²) in [6.45, 7) is 0.624. The van der Waals surface area contributed by atoms with Crippen molar-refractivity contribution in [2.75, 3.05) is 12.4 Å². The monoisotopic (exact) mass is 287 g/mol. The van der Waals surface area contributed by atoms with Crippen molar-refractivity contribution in [2.24, 2.45) is 0 Å². The second-order valence-electron chi connectivity index (χ2n) is 4.78. The number of hydrogen-bond donors (Lipinski definition) is 0. The predicted octanol–water partition coefficient (Wildman–Crippen LogP) is 3.59. The number of likely N-dealkylation sites (tertiary alicyclic amines) is 1. The first-order valence-electron chi connectivity index (χ1n) is 6.45. The van der Waals surface area contributed by atoms with E-state index in [1.807, 2.05) is 0 Å². The second kappa shape index (κ2) is 6.33. The highest BCUT2D eigenvalue weighted by Gasteiger charge is 2.27. The van der Waals surface area contributed by atoms with Crippen LogP contribution in [0.1, 0.15) is 36.0 Å². The number of hydrogen-bond acceptors (Lipinski definition) is 1. The Labute approximate surface area is 116 Å². The van der Waals surface area contributed by atoms with Crippen molar-refractivity contribution >= 4 is 17.5 Å². The van der Waals surface area contributed by atoms with Crippen LogP contribution in [-0.2, 0) is 0 Å². The summed E-state index contributed by atoms with van der Waals surface area (Å²) in [4.78, 5) is 14.0. The standard InChI is InChI=1S/C14H16ClF2NO/c15-5-4-13-3-1-2-6-18(13)14(19)10-7-11(16)9-12(17)8-10/h7-9,13H,1-6H2. The SMILES string of the molecule is O=C(c1cc(F)cc(F)c1)N1CCCCC1CCCl. The maximum Gasteiger partial charge on any atom is 0.254 e. The smallest absolute Gasteiger partial charge is 0.254 e. The number of piperidine rings is 1. The molecule has 1 amide bonds. The third kappa shape index (κ3) is 3.44. The molecule has 0 aromatic heterocycles. The largest absolute Gasteiger partial charge is 0.336 e. The molecule has 1 aliphatic rings. The van der Waals surface area contributed by atoms with E-state index in [1.54, 1.807) is 4.90 Å². The molecule has 0 aliphatic carbocycles. The number of benzene rings is 1. The van der Waals surface area contributed by atoms with Crippen molar-refractivity contribution in [2.45, 2.75) is 31.7 Å². The number of halogens is 3. The predicted molar refractivity (Wildman–Crippen MR) is 70.4 cm³/mol. The summed E-state index contributed by atoms with van der Waals surface area (Å²) in [5.41, 5.74) is 0.0685. The Bertz CT molecular complexity index is 445. The van der Waals surface area contributed by atoms with Crippen molar-refractivity contribution in [3.8, 4) is 0 Å². The Morgan fingerprint density at radius 1 is 1.26 bits per heavy atom. The molecule has 104 valence electrons. The number of carbonyl (C=O) groups excluding carboxylic acids is 1. The van der Waals surface area contributed by atoms with Crippen LogP contribution in [0.15, 0.2) is 18.2 Å². The molecule has 1 aliphatic heterocycles. The third-order valence-electron chi connectivity index (χ3n) is 3.44. The van der Waals surface area contributed by atoms with Gasteiger partial charge in [0.1, 0.15) is 11.6 Å². The fourth-order valence-corrected chi connectivity index (χ4v) is 2.79. The van der Waals surface area contributed by atoms with Gasteiger partial charge in [0.05, 0.1) is 0 Å². The van der Waals surface area contributed by atoms with Gasteiger partial charge in [0.15, 0.2) is 0 Å². The van der Waals surface area contributed by atoms with E-state index < -0.39 is 11.6 Å². The van der Waals surface area contributed by atoms with Crippen LogP contribution in [0, 0.1) is 11.6 Å². The summed E-state index contributed by atoms with van der Waals surface area (Å²) in [6, 6.07) is 3.00. The Morgan fingerprint density at radius 3 is 2.58 bits per heavy atom. The van der Waals surface area contributed by atoms with Gasteiger partial charge >= 0.3 is 0 Å². The quantitative estimate of drug-likeness (QED) is 0.778. The van der Waals surface area contributed by atoms with E-state index in [2.05, 4.69) is 0 Å². The van der Waals surface area contributed by atoms with Crippen molar-refractivity contribution < 1.29 is 13.6 Å². The lowest BCUT2D eigenvalue weighted by Gasteiger charge is -2.35. The highest BCUT2D eigenvalue weighted by atomic mass is 35.5. The van der Waals surface area contributed by atoms with E-state index in [4.69, 9.17) is 11.6 Å². The third-order valence-corrected chi connectivity index (χ3v) is 3.66. The fraction of sp³-hybridized carbons (Fsp3) is 0.500. The van der Waals surface area contributed by atoms with Gasteiger partial charge in [-0.25, -0.2) is 8.78 Å². The van der Waals surface area contributed by atoms with E-state index in [-0.39, 0.29) is 17.5 Å². The van der Waals surface area contributed by atoms with E-state index in [9.17, 15) is 13.6 Å². The minimum atomic E-state index is -0.728. The van der Waals surface area contributed by atoms with Crippen molar-refractivity contribution in [3.05, 3.63) is 35.4 Å². The maximum absolute atomic E-state index is 13.2. The lowest BCUT2D eigenvalue weighted by atomic mass is 9.99. The molecule has 1 saturated heterocycles. The van der Waals surface area contributed by atoms with Crippen molar-refractivity contribution in [3.63, 3.8) is 0 Å². The molecule has 0 saturated carbocycles. The minimum absolute atomic E-state index is 0.0685. The Balaban J connectivity index is 2.20. The molecule has 1 aromatic rings. The van der Waals surface area contributed by atoms with Gasteiger partial charge in [-0.2, -0.15) is 0 Å². The van der Waals surface area contributed by atoms with Gasteiger partial charge < -0.3 is 4.90 Å². The summed E-state index contributed by atoms with van der Waals surface area (Å²) in [5, 5.41) is 0. The van der Waals surface area contributed by atoms with Crippen molar-refractivity contribution in [1.82, 2.24) is 4.90 Å². The Morgan fingerprint density at radius 2 is 1.95 bits per heavy atom. The molecule has 5 heteroatoms. The topological polar surface area (TPSA) is 20.3 Å². The fourth-order valence-electron chi connectivity index (χ4n) is 2.54. The molecule has 1 unspecified atom stereocenters. The number of rotatable bonds is 3. The minimum Gasteiger partial charge on any atom is -0.336 e. The van der Waals surface area contributed by atoms with Gasteiger partial charge in [-0.15, -0.1) is 11.6 Å². The molecular weight excluding hydrogens is 272 g/mol. The molecule has 0 bridgehead atoms. The molecule has 0 spiro atoms. The summed E-state index contributed by atoms with van der Waals surface area (Å²) in [7, 11) is 0. The maximum atomic E-state index is 13.2. The van der Waals surface area contributed by atoms with Crippen LogP contribution in [0.25, 0.3) is 0 Å². The van der Waals surface area contributed by atoms with Gasteiger partial charge in [-0.1, -0.05) is 0 Å². The van der Waals surface area contributed by atoms with Gasteiger partial charge in [-0.05, 0) is 37.8 Å². The first-order chi connectivity index (χ1) is 9.11. The molecule has 1 aromatic carbocycles. The number of carbonyl (C=O) groups is 1. The highest BCUT2D eigenvalue weighted by Crippen LogP contribution is 2.23. The zero-order chi connectivity index (χ0) is 13.8. The molecule has 19 heavy (non-hydrogen) atoms.